The van der Waals surface area contributed by atoms with Crippen molar-refractivity contribution in [2.75, 3.05) is 13.1 Å². The lowest BCUT2D eigenvalue weighted by Gasteiger charge is -2.65. The molecule has 1 aliphatic rings. The van der Waals surface area contributed by atoms with E-state index < -0.39 is 0 Å². The third kappa shape index (κ3) is 3.22. The molecule has 0 bridgehead atoms. The Morgan fingerprint density at radius 1 is 1.30 bits per heavy atom. The number of hydrogen-bond donors (Lipinski definition) is 0. The molecule has 0 saturated carbocycles. The number of aliphatic imine (C=N–C) groups is 1. The maximum atomic E-state index is 4.41. The number of rotatable bonds is 7. The van der Waals surface area contributed by atoms with Gasteiger partial charge in [0.05, 0.1) is 0 Å². The summed E-state index contributed by atoms with van der Waals surface area (Å²) in [5.41, 5.74) is 3.05. The van der Waals surface area contributed by atoms with Crippen LogP contribution in [0.2, 0.25) is 0 Å². The highest BCUT2D eigenvalue weighted by molar-refractivity contribution is 5.79. The van der Waals surface area contributed by atoms with Crippen molar-refractivity contribution in [1.29, 1.82) is 0 Å². The fourth-order valence-electron chi connectivity index (χ4n) is 3.32. The van der Waals surface area contributed by atoms with Gasteiger partial charge in [-0.05, 0) is 44.6 Å². The van der Waals surface area contributed by atoms with E-state index in [1.165, 1.54) is 31.4 Å². The van der Waals surface area contributed by atoms with Crippen LogP contribution < -0.4 is 0 Å². The highest BCUT2D eigenvalue weighted by Crippen LogP contribution is 2.51. The third-order valence-corrected chi connectivity index (χ3v) is 5.18. The Morgan fingerprint density at radius 2 is 1.95 bits per heavy atom. The minimum absolute atomic E-state index is 0.309. The van der Waals surface area contributed by atoms with E-state index in [1.54, 1.807) is 0 Å². The van der Waals surface area contributed by atoms with Crippen molar-refractivity contribution in [3.05, 3.63) is 24.4 Å². The lowest BCUT2D eigenvalue weighted by atomic mass is 9.59. The van der Waals surface area contributed by atoms with Crippen molar-refractivity contribution in [3.8, 4) is 0 Å². The van der Waals surface area contributed by atoms with E-state index in [4.69, 9.17) is 0 Å². The maximum Gasteiger partial charge on any atom is 0.0311 e. The number of hydrogen-bond acceptors (Lipinski definition) is 2. The standard InChI is InChI=1S/C18H32N2/c1-8-11-18(7)17(6,10-3)14-20(18)13-16(9-2)12-19-15(4)5/h9,12H,2,8,10-11,13-14H2,1,3-7H3/b16-12+. The van der Waals surface area contributed by atoms with E-state index in [0.29, 0.717) is 11.0 Å². The molecular weight excluding hydrogens is 244 g/mol. The Balaban J connectivity index is 2.85. The van der Waals surface area contributed by atoms with Gasteiger partial charge in [-0.1, -0.05) is 39.8 Å². The molecular formula is C18H32N2. The minimum atomic E-state index is 0.309. The summed E-state index contributed by atoms with van der Waals surface area (Å²) in [6.45, 7) is 19.6. The van der Waals surface area contributed by atoms with Crippen LogP contribution in [0.5, 0.6) is 0 Å². The molecule has 2 atom stereocenters. The summed E-state index contributed by atoms with van der Waals surface area (Å²) in [5.74, 6) is 0. The average Bonchev–Trinajstić information content (AvgIpc) is 2.41. The molecule has 0 radical (unpaired) electrons. The molecule has 20 heavy (non-hydrogen) atoms. The summed E-state index contributed by atoms with van der Waals surface area (Å²) in [6.07, 6.45) is 7.66. The van der Waals surface area contributed by atoms with Crippen molar-refractivity contribution in [3.63, 3.8) is 0 Å². The molecule has 0 aromatic rings. The fourth-order valence-corrected chi connectivity index (χ4v) is 3.32. The van der Waals surface area contributed by atoms with Crippen LogP contribution in [0.25, 0.3) is 0 Å². The largest absolute Gasteiger partial charge is 0.292 e. The Morgan fingerprint density at radius 3 is 2.40 bits per heavy atom. The molecule has 0 aromatic heterocycles. The Kier molecular flexibility index (Phi) is 5.76. The Labute approximate surface area is 125 Å². The molecule has 0 aromatic carbocycles. The summed E-state index contributed by atoms with van der Waals surface area (Å²) in [6, 6.07) is 0. The molecule has 114 valence electrons. The molecule has 1 saturated heterocycles. The SMILES string of the molecule is C=C/C(=C\N=C(C)C)CN1CC(C)(CC)C1(C)CCC. The number of likely N-dealkylation sites (tertiary alicyclic amines) is 1. The molecule has 0 amide bonds. The summed E-state index contributed by atoms with van der Waals surface area (Å²) < 4.78 is 0. The summed E-state index contributed by atoms with van der Waals surface area (Å²) in [4.78, 5) is 7.02. The van der Waals surface area contributed by atoms with Gasteiger partial charge in [-0.15, -0.1) is 0 Å². The van der Waals surface area contributed by atoms with Crippen LogP contribution in [0.4, 0.5) is 0 Å². The second-order valence-electron chi connectivity index (χ2n) is 6.78. The fraction of sp³-hybridized carbons (Fsp3) is 0.722. The lowest BCUT2D eigenvalue weighted by molar-refractivity contribution is -0.140. The number of nitrogens with zero attached hydrogens (tertiary/aromatic N) is 2. The van der Waals surface area contributed by atoms with Gasteiger partial charge in [0.25, 0.3) is 0 Å². The van der Waals surface area contributed by atoms with Gasteiger partial charge < -0.3 is 0 Å². The van der Waals surface area contributed by atoms with Gasteiger partial charge in [0.2, 0.25) is 0 Å². The molecule has 1 heterocycles. The van der Waals surface area contributed by atoms with Gasteiger partial charge in [0.1, 0.15) is 0 Å². The lowest BCUT2D eigenvalue weighted by Crippen LogP contribution is -2.71. The van der Waals surface area contributed by atoms with E-state index in [2.05, 4.69) is 44.2 Å². The highest BCUT2D eigenvalue weighted by atomic mass is 15.3. The molecule has 2 nitrogen and oxygen atoms in total. The normalized spacial score (nSPS) is 30.8. The van der Waals surface area contributed by atoms with Crippen molar-refractivity contribution < 1.29 is 0 Å². The van der Waals surface area contributed by atoms with Crippen LogP contribution in [0, 0.1) is 5.41 Å². The van der Waals surface area contributed by atoms with Crippen LogP contribution in [0.3, 0.4) is 0 Å². The zero-order valence-electron chi connectivity index (χ0n) is 14.3. The van der Waals surface area contributed by atoms with Gasteiger partial charge in [-0.25, -0.2) is 0 Å². The van der Waals surface area contributed by atoms with Gasteiger partial charge >= 0.3 is 0 Å². The third-order valence-electron chi connectivity index (χ3n) is 5.18. The molecule has 1 fully saturated rings. The van der Waals surface area contributed by atoms with Gasteiger partial charge in [0.15, 0.2) is 0 Å². The monoisotopic (exact) mass is 276 g/mol. The summed E-state index contributed by atoms with van der Waals surface area (Å²) in [5, 5.41) is 0. The minimum Gasteiger partial charge on any atom is -0.292 e. The van der Waals surface area contributed by atoms with E-state index in [1.807, 2.05) is 26.1 Å². The predicted molar refractivity (Wildman–Crippen MR) is 90.3 cm³/mol. The van der Waals surface area contributed by atoms with Crippen molar-refractivity contribution in [1.82, 2.24) is 4.90 Å². The molecule has 1 aliphatic heterocycles. The van der Waals surface area contributed by atoms with Gasteiger partial charge in [-0.2, -0.15) is 0 Å². The Hall–Kier alpha value is -0.890. The van der Waals surface area contributed by atoms with E-state index in [0.717, 1.165) is 12.3 Å². The predicted octanol–water partition coefficient (Wildman–Crippen LogP) is 4.83. The van der Waals surface area contributed by atoms with E-state index >= 15 is 0 Å². The van der Waals surface area contributed by atoms with Crippen LogP contribution in [0.15, 0.2) is 29.4 Å². The van der Waals surface area contributed by atoms with Crippen LogP contribution in [-0.2, 0) is 0 Å². The molecule has 0 spiro atoms. The second kappa shape index (κ2) is 6.71. The molecule has 1 rings (SSSR count). The van der Waals surface area contributed by atoms with Crippen molar-refractivity contribution in [2.45, 2.75) is 66.3 Å². The quantitative estimate of drug-likeness (QED) is 0.480. The zero-order chi connectivity index (χ0) is 15.4. The van der Waals surface area contributed by atoms with Crippen LogP contribution >= 0.6 is 0 Å². The van der Waals surface area contributed by atoms with Crippen LogP contribution in [0.1, 0.15) is 60.8 Å². The van der Waals surface area contributed by atoms with Crippen molar-refractivity contribution in [2.24, 2.45) is 10.4 Å². The van der Waals surface area contributed by atoms with E-state index in [9.17, 15) is 0 Å². The van der Waals surface area contributed by atoms with Crippen molar-refractivity contribution >= 4 is 5.71 Å². The first-order chi connectivity index (χ1) is 9.32. The average molecular weight is 276 g/mol. The topological polar surface area (TPSA) is 15.6 Å². The molecule has 0 aliphatic carbocycles. The zero-order valence-corrected chi connectivity index (χ0v) is 14.3. The first-order valence-electron chi connectivity index (χ1n) is 7.90. The summed E-state index contributed by atoms with van der Waals surface area (Å²) >= 11 is 0. The molecule has 0 N–H and O–H groups in total. The van der Waals surface area contributed by atoms with Crippen LogP contribution in [-0.4, -0.2) is 29.2 Å². The smallest absolute Gasteiger partial charge is 0.0311 e. The van der Waals surface area contributed by atoms with Gasteiger partial charge in [0, 0.05) is 30.5 Å². The highest BCUT2D eigenvalue weighted by Gasteiger charge is 2.56. The van der Waals surface area contributed by atoms with Gasteiger partial charge in [-0.3, -0.25) is 9.89 Å². The maximum absolute atomic E-state index is 4.41. The first kappa shape index (κ1) is 17.2. The molecule has 2 heteroatoms. The van der Waals surface area contributed by atoms with E-state index in [-0.39, 0.29) is 0 Å². The first-order valence-corrected chi connectivity index (χ1v) is 7.90. The second-order valence-corrected chi connectivity index (χ2v) is 6.78. The summed E-state index contributed by atoms with van der Waals surface area (Å²) in [7, 11) is 0. The molecule has 2 unspecified atom stereocenters. The Bertz CT molecular complexity index is 404.